The SMILES string of the molecule is C/C(=N\NC(=O)c1ccc(C(C)C)cc1)c1ccco1. The van der Waals surface area contributed by atoms with Crippen LogP contribution in [0.15, 0.2) is 52.2 Å². The van der Waals surface area contributed by atoms with Gasteiger partial charge in [0.1, 0.15) is 11.5 Å². The zero-order chi connectivity index (χ0) is 14.5. The van der Waals surface area contributed by atoms with Crippen LogP contribution in [0.25, 0.3) is 0 Å². The third-order valence-electron chi connectivity index (χ3n) is 3.04. The van der Waals surface area contributed by atoms with E-state index < -0.39 is 0 Å². The first-order valence-electron chi connectivity index (χ1n) is 6.56. The summed E-state index contributed by atoms with van der Waals surface area (Å²) >= 11 is 0. The van der Waals surface area contributed by atoms with Crippen molar-refractivity contribution in [1.29, 1.82) is 0 Å². The third-order valence-corrected chi connectivity index (χ3v) is 3.04. The first-order valence-corrected chi connectivity index (χ1v) is 6.56. The molecular formula is C16H18N2O2. The van der Waals surface area contributed by atoms with Gasteiger partial charge in [-0.15, -0.1) is 0 Å². The van der Waals surface area contributed by atoms with Crippen molar-refractivity contribution in [2.75, 3.05) is 0 Å². The van der Waals surface area contributed by atoms with E-state index in [1.165, 1.54) is 5.56 Å². The van der Waals surface area contributed by atoms with E-state index in [1.807, 2.05) is 24.3 Å². The number of hydrogen-bond donors (Lipinski definition) is 1. The maximum Gasteiger partial charge on any atom is 0.271 e. The fourth-order valence-electron chi connectivity index (χ4n) is 1.76. The number of nitrogens with zero attached hydrogens (tertiary/aromatic N) is 1. The van der Waals surface area contributed by atoms with Gasteiger partial charge >= 0.3 is 0 Å². The molecule has 0 atom stereocenters. The van der Waals surface area contributed by atoms with Crippen LogP contribution in [0.5, 0.6) is 0 Å². The van der Waals surface area contributed by atoms with E-state index >= 15 is 0 Å². The van der Waals surface area contributed by atoms with Gasteiger partial charge in [0.2, 0.25) is 0 Å². The second-order valence-electron chi connectivity index (χ2n) is 4.89. The molecule has 0 aliphatic heterocycles. The van der Waals surface area contributed by atoms with Gasteiger partial charge in [0.25, 0.3) is 5.91 Å². The van der Waals surface area contributed by atoms with Crippen LogP contribution in [0.2, 0.25) is 0 Å². The lowest BCUT2D eigenvalue weighted by atomic mass is 10.0. The van der Waals surface area contributed by atoms with Gasteiger partial charge in [-0.3, -0.25) is 4.79 Å². The molecule has 0 aliphatic carbocycles. The van der Waals surface area contributed by atoms with Gasteiger partial charge in [0.05, 0.1) is 6.26 Å². The number of hydrogen-bond acceptors (Lipinski definition) is 3. The smallest absolute Gasteiger partial charge is 0.271 e. The number of carbonyl (C=O) groups is 1. The summed E-state index contributed by atoms with van der Waals surface area (Å²) in [5.74, 6) is 0.859. The Bertz CT molecular complexity index is 596. The first-order chi connectivity index (χ1) is 9.58. The van der Waals surface area contributed by atoms with E-state index in [1.54, 1.807) is 25.3 Å². The van der Waals surface area contributed by atoms with Gasteiger partial charge in [-0.1, -0.05) is 26.0 Å². The molecule has 1 heterocycles. The Kier molecular flexibility index (Phi) is 4.35. The molecular weight excluding hydrogens is 252 g/mol. The first kappa shape index (κ1) is 14.1. The zero-order valence-electron chi connectivity index (χ0n) is 11.9. The van der Waals surface area contributed by atoms with Crippen LogP contribution in [-0.4, -0.2) is 11.6 Å². The number of rotatable bonds is 4. The Morgan fingerprint density at radius 3 is 2.45 bits per heavy atom. The van der Waals surface area contributed by atoms with Crippen molar-refractivity contribution in [1.82, 2.24) is 5.43 Å². The van der Waals surface area contributed by atoms with Crippen LogP contribution >= 0.6 is 0 Å². The second-order valence-corrected chi connectivity index (χ2v) is 4.89. The summed E-state index contributed by atoms with van der Waals surface area (Å²) in [4.78, 5) is 12.0. The molecule has 104 valence electrons. The second kappa shape index (κ2) is 6.19. The standard InChI is InChI=1S/C16H18N2O2/c1-11(2)13-6-8-14(9-7-13)16(19)18-17-12(3)15-5-4-10-20-15/h4-11H,1-3H3,(H,18,19)/b17-12+. The van der Waals surface area contributed by atoms with Gasteiger partial charge < -0.3 is 4.42 Å². The molecule has 0 saturated heterocycles. The van der Waals surface area contributed by atoms with Gasteiger partial charge in [0, 0.05) is 5.56 Å². The minimum Gasteiger partial charge on any atom is -0.463 e. The highest BCUT2D eigenvalue weighted by atomic mass is 16.3. The van der Waals surface area contributed by atoms with Crippen molar-refractivity contribution in [3.8, 4) is 0 Å². The molecule has 1 amide bonds. The van der Waals surface area contributed by atoms with Crippen LogP contribution in [0.4, 0.5) is 0 Å². The lowest BCUT2D eigenvalue weighted by Crippen LogP contribution is -2.19. The van der Waals surface area contributed by atoms with Crippen LogP contribution in [0.3, 0.4) is 0 Å². The minimum atomic E-state index is -0.230. The molecule has 4 heteroatoms. The molecule has 0 radical (unpaired) electrons. The summed E-state index contributed by atoms with van der Waals surface area (Å²) in [7, 11) is 0. The number of benzene rings is 1. The lowest BCUT2D eigenvalue weighted by Gasteiger charge is -2.06. The third kappa shape index (κ3) is 3.35. The van der Waals surface area contributed by atoms with E-state index in [-0.39, 0.29) is 5.91 Å². The van der Waals surface area contributed by atoms with E-state index in [4.69, 9.17) is 4.42 Å². The fourth-order valence-corrected chi connectivity index (χ4v) is 1.76. The van der Waals surface area contributed by atoms with E-state index in [0.717, 1.165) is 0 Å². The normalized spacial score (nSPS) is 11.7. The van der Waals surface area contributed by atoms with E-state index in [9.17, 15) is 4.79 Å². The Morgan fingerprint density at radius 1 is 1.20 bits per heavy atom. The fraction of sp³-hybridized carbons (Fsp3) is 0.250. The van der Waals surface area contributed by atoms with Gasteiger partial charge in [-0.25, -0.2) is 5.43 Å². The summed E-state index contributed by atoms with van der Waals surface area (Å²) < 4.78 is 5.19. The molecule has 0 aliphatic rings. The van der Waals surface area contributed by atoms with Gasteiger partial charge in [-0.05, 0) is 42.7 Å². The predicted molar refractivity (Wildman–Crippen MR) is 78.9 cm³/mol. The number of nitrogens with one attached hydrogen (secondary N) is 1. The van der Waals surface area contributed by atoms with E-state index in [2.05, 4.69) is 24.4 Å². The van der Waals surface area contributed by atoms with Crippen molar-refractivity contribution in [3.63, 3.8) is 0 Å². The molecule has 0 spiro atoms. The molecule has 0 bridgehead atoms. The van der Waals surface area contributed by atoms with Crippen molar-refractivity contribution in [2.24, 2.45) is 5.10 Å². The number of furan rings is 1. The van der Waals surface area contributed by atoms with E-state index in [0.29, 0.717) is 23.0 Å². The Hall–Kier alpha value is -2.36. The number of hydrazone groups is 1. The topological polar surface area (TPSA) is 54.6 Å². The Balaban J connectivity index is 2.03. The lowest BCUT2D eigenvalue weighted by molar-refractivity contribution is 0.0955. The largest absolute Gasteiger partial charge is 0.463 e. The molecule has 2 aromatic rings. The van der Waals surface area contributed by atoms with Crippen molar-refractivity contribution in [2.45, 2.75) is 26.7 Å². The Labute approximate surface area is 118 Å². The van der Waals surface area contributed by atoms with Crippen molar-refractivity contribution in [3.05, 3.63) is 59.5 Å². The maximum absolute atomic E-state index is 12.0. The maximum atomic E-state index is 12.0. The van der Waals surface area contributed by atoms with Crippen molar-refractivity contribution >= 4 is 11.6 Å². The average Bonchev–Trinajstić information content (AvgIpc) is 2.98. The van der Waals surface area contributed by atoms with Crippen LogP contribution in [0.1, 0.15) is 48.4 Å². The summed E-state index contributed by atoms with van der Waals surface area (Å²) in [6, 6.07) is 11.1. The van der Waals surface area contributed by atoms with Gasteiger partial charge in [-0.2, -0.15) is 5.10 Å². The minimum absolute atomic E-state index is 0.230. The molecule has 0 fully saturated rings. The Morgan fingerprint density at radius 2 is 1.90 bits per heavy atom. The molecule has 0 saturated carbocycles. The van der Waals surface area contributed by atoms with Crippen LogP contribution in [0, 0.1) is 0 Å². The summed E-state index contributed by atoms with van der Waals surface area (Å²) in [5.41, 5.74) is 4.95. The predicted octanol–water partition coefficient (Wildman–Crippen LogP) is 3.56. The molecule has 4 nitrogen and oxygen atoms in total. The molecule has 0 unspecified atom stereocenters. The highest BCUT2D eigenvalue weighted by Crippen LogP contribution is 2.14. The average molecular weight is 270 g/mol. The monoisotopic (exact) mass is 270 g/mol. The molecule has 20 heavy (non-hydrogen) atoms. The zero-order valence-corrected chi connectivity index (χ0v) is 11.9. The summed E-state index contributed by atoms with van der Waals surface area (Å²) in [6.45, 7) is 6.01. The summed E-state index contributed by atoms with van der Waals surface area (Å²) in [5, 5.41) is 4.02. The molecule has 1 aromatic carbocycles. The number of carbonyl (C=O) groups excluding carboxylic acids is 1. The van der Waals surface area contributed by atoms with Crippen molar-refractivity contribution < 1.29 is 9.21 Å². The van der Waals surface area contributed by atoms with Gasteiger partial charge in [0.15, 0.2) is 0 Å². The van der Waals surface area contributed by atoms with Crippen LogP contribution < -0.4 is 5.43 Å². The molecule has 1 N–H and O–H groups in total. The highest BCUT2D eigenvalue weighted by Gasteiger charge is 2.06. The van der Waals surface area contributed by atoms with Crippen LogP contribution in [-0.2, 0) is 0 Å². The molecule has 2 rings (SSSR count). The highest BCUT2D eigenvalue weighted by molar-refractivity contribution is 5.99. The number of amides is 1. The molecule has 1 aromatic heterocycles. The quantitative estimate of drug-likeness (QED) is 0.682. The summed E-state index contributed by atoms with van der Waals surface area (Å²) in [6.07, 6.45) is 1.57.